The molecule has 1 unspecified atom stereocenters. The molecule has 0 N–H and O–H groups in total. The van der Waals surface area contributed by atoms with Gasteiger partial charge in [0.2, 0.25) is 0 Å². The SMILES string of the molecule is COCCCOc1cc(C2COC(C)(C)C2=O)ccc1Br. The van der Waals surface area contributed by atoms with Gasteiger partial charge in [-0.2, -0.15) is 0 Å². The summed E-state index contributed by atoms with van der Waals surface area (Å²) in [7, 11) is 1.67. The molecular formula is C16H21BrO4. The number of halogens is 1. The summed E-state index contributed by atoms with van der Waals surface area (Å²) in [5, 5.41) is 0. The molecule has 0 aromatic heterocycles. The van der Waals surface area contributed by atoms with Crippen molar-refractivity contribution in [3.8, 4) is 5.75 Å². The van der Waals surface area contributed by atoms with Crippen molar-refractivity contribution in [2.45, 2.75) is 31.8 Å². The molecule has 1 aromatic carbocycles. The number of Topliss-reactive ketones (excluding diaryl/α,β-unsaturated/α-hetero) is 1. The van der Waals surface area contributed by atoms with Crippen LogP contribution in [-0.4, -0.2) is 38.3 Å². The van der Waals surface area contributed by atoms with Crippen LogP contribution in [0.1, 0.15) is 31.7 Å². The Kier molecular flexibility index (Phi) is 5.41. The average molecular weight is 357 g/mol. The van der Waals surface area contributed by atoms with Gasteiger partial charge in [0.1, 0.15) is 11.4 Å². The Hall–Kier alpha value is -0.910. The molecule has 4 nitrogen and oxygen atoms in total. The highest BCUT2D eigenvalue weighted by Crippen LogP contribution is 2.36. The van der Waals surface area contributed by atoms with Crippen LogP contribution < -0.4 is 4.74 Å². The summed E-state index contributed by atoms with van der Waals surface area (Å²) in [6.45, 7) is 5.31. The topological polar surface area (TPSA) is 44.8 Å². The first-order chi connectivity index (χ1) is 9.95. The summed E-state index contributed by atoms with van der Waals surface area (Å²) in [4.78, 5) is 12.3. The minimum absolute atomic E-state index is 0.121. The Bertz CT molecular complexity index is 513. The van der Waals surface area contributed by atoms with E-state index in [0.29, 0.717) is 19.8 Å². The van der Waals surface area contributed by atoms with Crippen molar-refractivity contribution in [2.24, 2.45) is 0 Å². The highest BCUT2D eigenvalue weighted by molar-refractivity contribution is 9.10. The minimum Gasteiger partial charge on any atom is -0.492 e. The van der Waals surface area contributed by atoms with Crippen molar-refractivity contribution in [3.63, 3.8) is 0 Å². The number of ether oxygens (including phenoxy) is 3. The zero-order valence-corrected chi connectivity index (χ0v) is 14.2. The molecule has 1 aromatic rings. The quantitative estimate of drug-likeness (QED) is 0.733. The molecule has 1 fully saturated rings. The van der Waals surface area contributed by atoms with Gasteiger partial charge in [-0.25, -0.2) is 0 Å². The maximum atomic E-state index is 12.3. The molecule has 0 radical (unpaired) electrons. The second-order valence-corrected chi connectivity index (χ2v) is 6.48. The smallest absolute Gasteiger partial charge is 0.173 e. The molecule has 1 atom stereocenters. The zero-order chi connectivity index (χ0) is 15.5. The number of rotatable bonds is 6. The first-order valence-corrected chi connectivity index (χ1v) is 7.84. The van der Waals surface area contributed by atoms with Gasteiger partial charge >= 0.3 is 0 Å². The van der Waals surface area contributed by atoms with E-state index < -0.39 is 5.60 Å². The van der Waals surface area contributed by atoms with E-state index in [0.717, 1.165) is 22.2 Å². The van der Waals surface area contributed by atoms with E-state index in [4.69, 9.17) is 14.2 Å². The van der Waals surface area contributed by atoms with Gasteiger partial charge in [0.15, 0.2) is 5.78 Å². The zero-order valence-electron chi connectivity index (χ0n) is 12.6. The predicted octanol–water partition coefficient (Wildman–Crippen LogP) is 3.33. The van der Waals surface area contributed by atoms with Gasteiger partial charge in [-0.05, 0) is 47.5 Å². The number of carbonyl (C=O) groups is 1. The van der Waals surface area contributed by atoms with Crippen molar-refractivity contribution in [2.75, 3.05) is 26.9 Å². The molecule has 0 amide bonds. The summed E-state index contributed by atoms with van der Waals surface area (Å²) >= 11 is 3.47. The van der Waals surface area contributed by atoms with E-state index in [1.54, 1.807) is 7.11 Å². The molecule has 0 saturated carbocycles. The van der Waals surface area contributed by atoms with Gasteiger partial charge in [-0.3, -0.25) is 4.79 Å². The van der Waals surface area contributed by atoms with E-state index >= 15 is 0 Å². The van der Waals surface area contributed by atoms with E-state index in [9.17, 15) is 4.79 Å². The molecule has 0 spiro atoms. The molecule has 116 valence electrons. The normalized spacial score (nSPS) is 20.8. The lowest BCUT2D eigenvalue weighted by molar-refractivity contribution is -0.129. The second-order valence-electron chi connectivity index (χ2n) is 5.62. The van der Waals surface area contributed by atoms with Gasteiger partial charge in [0, 0.05) is 20.1 Å². The molecule has 1 saturated heterocycles. The van der Waals surface area contributed by atoms with Crippen molar-refractivity contribution in [1.82, 2.24) is 0 Å². The Morgan fingerprint density at radius 3 is 2.76 bits per heavy atom. The van der Waals surface area contributed by atoms with Gasteiger partial charge in [0.05, 0.1) is 23.6 Å². The fourth-order valence-corrected chi connectivity index (χ4v) is 2.70. The van der Waals surface area contributed by atoms with Gasteiger partial charge in [0.25, 0.3) is 0 Å². The fourth-order valence-electron chi connectivity index (χ4n) is 2.34. The van der Waals surface area contributed by atoms with Crippen molar-refractivity contribution < 1.29 is 19.0 Å². The van der Waals surface area contributed by atoms with E-state index in [2.05, 4.69) is 15.9 Å². The van der Waals surface area contributed by atoms with Crippen LogP contribution in [0.15, 0.2) is 22.7 Å². The molecular weight excluding hydrogens is 336 g/mol. The summed E-state index contributed by atoms with van der Waals surface area (Å²) in [5.41, 5.74) is 0.243. The monoisotopic (exact) mass is 356 g/mol. The van der Waals surface area contributed by atoms with Gasteiger partial charge < -0.3 is 14.2 Å². The predicted molar refractivity (Wildman–Crippen MR) is 83.9 cm³/mol. The van der Waals surface area contributed by atoms with Gasteiger partial charge in [-0.15, -0.1) is 0 Å². The van der Waals surface area contributed by atoms with Crippen LogP contribution >= 0.6 is 15.9 Å². The highest BCUT2D eigenvalue weighted by Gasteiger charge is 2.42. The lowest BCUT2D eigenvalue weighted by atomic mass is 9.90. The summed E-state index contributed by atoms with van der Waals surface area (Å²) in [6, 6.07) is 5.78. The fraction of sp³-hybridized carbons (Fsp3) is 0.562. The van der Waals surface area contributed by atoms with Crippen LogP contribution in [0.5, 0.6) is 5.75 Å². The maximum absolute atomic E-state index is 12.3. The molecule has 21 heavy (non-hydrogen) atoms. The summed E-state index contributed by atoms with van der Waals surface area (Å²) in [5.74, 6) is 0.658. The first-order valence-electron chi connectivity index (χ1n) is 7.05. The van der Waals surface area contributed by atoms with Crippen LogP contribution in [0.3, 0.4) is 0 Å². The number of hydrogen-bond donors (Lipinski definition) is 0. The van der Waals surface area contributed by atoms with Gasteiger partial charge in [-0.1, -0.05) is 6.07 Å². The molecule has 1 heterocycles. The molecule has 0 aliphatic carbocycles. The largest absolute Gasteiger partial charge is 0.492 e. The Balaban J connectivity index is 2.10. The lowest BCUT2D eigenvalue weighted by Crippen LogP contribution is -2.29. The molecule has 2 rings (SSSR count). The van der Waals surface area contributed by atoms with Crippen LogP contribution in [0.4, 0.5) is 0 Å². The minimum atomic E-state index is -0.697. The van der Waals surface area contributed by atoms with E-state index in [1.807, 2.05) is 32.0 Å². The van der Waals surface area contributed by atoms with Crippen LogP contribution in [-0.2, 0) is 14.3 Å². The second kappa shape index (κ2) is 6.90. The van der Waals surface area contributed by atoms with E-state index in [1.165, 1.54) is 0 Å². The van der Waals surface area contributed by atoms with Crippen molar-refractivity contribution in [1.29, 1.82) is 0 Å². The number of benzene rings is 1. The third-order valence-electron chi connectivity index (χ3n) is 3.63. The Morgan fingerprint density at radius 2 is 2.14 bits per heavy atom. The molecule has 1 aliphatic heterocycles. The van der Waals surface area contributed by atoms with Crippen LogP contribution in [0.25, 0.3) is 0 Å². The van der Waals surface area contributed by atoms with Crippen molar-refractivity contribution >= 4 is 21.7 Å². The number of methoxy groups -OCH3 is 1. The molecule has 5 heteroatoms. The standard InChI is InChI=1S/C16H21BrO4/c1-16(2)15(18)12(10-21-16)11-5-6-13(17)14(9-11)20-8-4-7-19-3/h5-6,9,12H,4,7-8,10H2,1-3H3. The summed E-state index contributed by atoms with van der Waals surface area (Å²) in [6.07, 6.45) is 0.825. The van der Waals surface area contributed by atoms with E-state index in [-0.39, 0.29) is 11.7 Å². The molecule has 0 bridgehead atoms. The lowest BCUT2D eigenvalue weighted by Gasteiger charge is -2.15. The summed E-state index contributed by atoms with van der Waals surface area (Å²) < 4.78 is 17.2. The Morgan fingerprint density at radius 1 is 1.38 bits per heavy atom. The van der Waals surface area contributed by atoms with Crippen LogP contribution in [0.2, 0.25) is 0 Å². The van der Waals surface area contributed by atoms with Crippen LogP contribution in [0, 0.1) is 0 Å². The number of ketones is 1. The van der Waals surface area contributed by atoms with Crippen molar-refractivity contribution in [3.05, 3.63) is 28.2 Å². The first kappa shape index (κ1) is 16.5. The molecule has 1 aliphatic rings. The average Bonchev–Trinajstić information content (AvgIpc) is 2.72. The number of carbonyl (C=O) groups excluding carboxylic acids is 1. The maximum Gasteiger partial charge on any atom is 0.173 e. The number of hydrogen-bond acceptors (Lipinski definition) is 4. The Labute approximate surface area is 133 Å². The highest BCUT2D eigenvalue weighted by atomic mass is 79.9. The third kappa shape index (κ3) is 3.84. The third-order valence-corrected chi connectivity index (χ3v) is 4.28.